The topological polar surface area (TPSA) is 117 Å². The second-order valence-electron chi connectivity index (χ2n) is 11.2. The number of para-hydroxylation sites is 3. The Bertz CT molecular complexity index is 1390. The van der Waals surface area contributed by atoms with Crippen LogP contribution in [0.3, 0.4) is 0 Å². The highest BCUT2D eigenvalue weighted by Crippen LogP contribution is 2.29. The molecule has 240 valence electrons. The molecule has 0 radical (unpaired) electrons. The minimum Gasteiger partial charge on any atom is -0.493 e. The van der Waals surface area contributed by atoms with E-state index in [1.807, 2.05) is 30.3 Å². The average molecular weight is 616 g/mol. The lowest BCUT2D eigenvalue weighted by atomic mass is 10.1. The number of unbranched alkanes of at least 4 members (excludes halogenated alkanes) is 1. The van der Waals surface area contributed by atoms with Crippen LogP contribution in [0.15, 0.2) is 72.8 Å². The van der Waals surface area contributed by atoms with Crippen molar-refractivity contribution in [2.75, 3.05) is 70.2 Å². The molecule has 1 fully saturated rings. The molecule has 0 spiro atoms. The minimum atomic E-state index is -0.304. The number of benzene rings is 3. The molecule has 3 aromatic carbocycles. The number of anilines is 2. The Kier molecular flexibility index (Phi) is 12.9. The van der Waals surface area contributed by atoms with Gasteiger partial charge in [0.2, 0.25) is 0 Å². The molecular formula is C35H45N5O5. The third-order valence-electron chi connectivity index (χ3n) is 7.97. The van der Waals surface area contributed by atoms with E-state index in [2.05, 4.69) is 22.2 Å². The molecule has 10 nitrogen and oxygen atoms in total. The summed E-state index contributed by atoms with van der Waals surface area (Å²) < 4.78 is 11.8. The van der Waals surface area contributed by atoms with Crippen molar-refractivity contribution < 1.29 is 23.9 Å². The predicted molar refractivity (Wildman–Crippen MR) is 177 cm³/mol. The van der Waals surface area contributed by atoms with E-state index in [9.17, 15) is 14.4 Å². The van der Waals surface area contributed by atoms with Gasteiger partial charge < -0.3 is 35.1 Å². The largest absolute Gasteiger partial charge is 0.493 e. The van der Waals surface area contributed by atoms with Crippen LogP contribution in [0.1, 0.15) is 46.4 Å². The summed E-state index contributed by atoms with van der Waals surface area (Å²) in [6.45, 7) is 5.23. The quantitative estimate of drug-likeness (QED) is 0.181. The van der Waals surface area contributed by atoms with Gasteiger partial charge in [0, 0.05) is 44.5 Å². The van der Waals surface area contributed by atoms with Crippen molar-refractivity contribution in [3.63, 3.8) is 0 Å². The SMILES string of the molecule is CN1CCN(C(C=O)CCCCOc2ccccc2N(C)C(=O)c2ccc(NC(=O)c3ccccc3OCCCN)cc2)CC1. The highest BCUT2D eigenvalue weighted by molar-refractivity contribution is 6.08. The van der Waals surface area contributed by atoms with Gasteiger partial charge in [-0.1, -0.05) is 24.3 Å². The number of likely N-dealkylation sites (N-methyl/N-ethyl adjacent to an activating group) is 1. The molecule has 45 heavy (non-hydrogen) atoms. The van der Waals surface area contributed by atoms with Crippen molar-refractivity contribution in [2.45, 2.75) is 31.7 Å². The zero-order valence-electron chi connectivity index (χ0n) is 26.3. The molecule has 4 rings (SSSR count). The van der Waals surface area contributed by atoms with Crippen LogP contribution in [0.25, 0.3) is 0 Å². The van der Waals surface area contributed by atoms with E-state index < -0.39 is 0 Å². The normalized spacial score (nSPS) is 14.4. The van der Waals surface area contributed by atoms with Crippen LogP contribution < -0.4 is 25.4 Å². The number of piperazine rings is 1. The van der Waals surface area contributed by atoms with Crippen molar-refractivity contribution in [1.29, 1.82) is 0 Å². The first kappa shape index (κ1) is 33.6. The lowest BCUT2D eigenvalue weighted by Crippen LogP contribution is -2.49. The minimum absolute atomic E-state index is 0.0502. The van der Waals surface area contributed by atoms with Gasteiger partial charge >= 0.3 is 0 Å². The second kappa shape index (κ2) is 17.3. The lowest BCUT2D eigenvalue weighted by molar-refractivity contribution is -0.113. The molecule has 10 heteroatoms. The maximum absolute atomic E-state index is 13.4. The first-order chi connectivity index (χ1) is 21.9. The van der Waals surface area contributed by atoms with Gasteiger partial charge in [0.05, 0.1) is 30.5 Å². The van der Waals surface area contributed by atoms with E-state index in [0.29, 0.717) is 60.2 Å². The number of nitrogens with one attached hydrogen (secondary N) is 1. The van der Waals surface area contributed by atoms with Gasteiger partial charge in [-0.2, -0.15) is 0 Å². The second-order valence-corrected chi connectivity index (χ2v) is 11.2. The van der Waals surface area contributed by atoms with E-state index >= 15 is 0 Å². The summed E-state index contributed by atoms with van der Waals surface area (Å²) in [7, 11) is 3.82. The Morgan fingerprint density at radius 2 is 1.53 bits per heavy atom. The number of nitrogens with zero attached hydrogens (tertiary/aromatic N) is 3. The Morgan fingerprint density at radius 3 is 2.24 bits per heavy atom. The molecule has 3 aromatic rings. The number of hydrogen-bond acceptors (Lipinski definition) is 8. The third-order valence-corrected chi connectivity index (χ3v) is 7.97. The summed E-state index contributed by atoms with van der Waals surface area (Å²) in [5.41, 5.74) is 7.66. The maximum atomic E-state index is 13.4. The summed E-state index contributed by atoms with van der Waals surface area (Å²) in [4.78, 5) is 44.2. The van der Waals surface area contributed by atoms with Crippen LogP contribution >= 0.6 is 0 Å². The van der Waals surface area contributed by atoms with E-state index in [0.717, 1.165) is 51.7 Å². The smallest absolute Gasteiger partial charge is 0.259 e. The fraction of sp³-hybridized carbons (Fsp3) is 0.400. The Labute approximate surface area is 266 Å². The van der Waals surface area contributed by atoms with Gasteiger partial charge in [0.25, 0.3) is 11.8 Å². The average Bonchev–Trinajstić information content (AvgIpc) is 3.07. The van der Waals surface area contributed by atoms with Crippen LogP contribution in [-0.4, -0.2) is 94.0 Å². The zero-order valence-corrected chi connectivity index (χ0v) is 26.3. The molecule has 3 N–H and O–H groups in total. The van der Waals surface area contributed by atoms with Gasteiger partial charge in [-0.3, -0.25) is 14.5 Å². The molecule has 2 amide bonds. The standard InChI is InChI=1S/C35H45N5O5/c1-38-20-22-40(23-21-38)29(26-41)10-7-8-24-45-33-14-6-4-12-31(33)39(2)35(43)27-15-17-28(18-16-27)37-34(42)30-11-3-5-13-32(30)44-25-9-19-36/h3-6,11-18,26,29H,7-10,19-25,36H2,1-2H3,(H,37,42). The lowest BCUT2D eigenvalue weighted by Gasteiger charge is -2.35. The number of amides is 2. The van der Waals surface area contributed by atoms with Gasteiger partial charge in [0.15, 0.2) is 0 Å². The van der Waals surface area contributed by atoms with Gasteiger partial charge in [-0.05, 0) is 87.8 Å². The monoisotopic (exact) mass is 615 g/mol. The summed E-state index contributed by atoms with van der Waals surface area (Å²) in [6.07, 6.45) is 4.26. The summed E-state index contributed by atoms with van der Waals surface area (Å²) in [5, 5.41) is 2.88. The molecule has 1 aliphatic rings. The number of carbonyl (C=O) groups is 3. The Balaban J connectivity index is 1.29. The number of carbonyl (C=O) groups excluding carboxylic acids is 3. The first-order valence-corrected chi connectivity index (χ1v) is 15.6. The van der Waals surface area contributed by atoms with Crippen LogP contribution in [0.2, 0.25) is 0 Å². The molecule has 0 saturated carbocycles. The highest BCUT2D eigenvalue weighted by atomic mass is 16.5. The maximum Gasteiger partial charge on any atom is 0.259 e. The summed E-state index contributed by atoms with van der Waals surface area (Å²) in [5.74, 6) is 0.606. The van der Waals surface area contributed by atoms with Gasteiger partial charge in [0.1, 0.15) is 17.8 Å². The van der Waals surface area contributed by atoms with E-state index in [1.165, 1.54) is 0 Å². The highest BCUT2D eigenvalue weighted by Gasteiger charge is 2.22. The van der Waals surface area contributed by atoms with Gasteiger partial charge in [-0.25, -0.2) is 0 Å². The van der Waals surface area contributed by atoms with Crippen molar-refractivity contribution in [3.05, 3.63) is 83.9 Å². The van der Waals surface area contributed by atoms with E-state index in [-0.39, 0.29) is 17.9 Å². The third kappa shape index (κ3) is 9.62. The molecular weight excluding hydrogens is 570 g/mol. The Hall–Kier alpha value is -4.25. The van der Waals surface area contributed by atoms with Crippen LogP contribution in [0.4, 0.5) is 11.4 Å². The van der Waals surface area contributed by atoms with E-state index in [4.69, 9.17) is 15.2 Å². The van der Waals surface area contributed by atoms with Crippen molar-refractivity contribution in [2.24, 2.45) is 5.73 Å². The number of nitrogens with two attached hydrogens (primary N) is 1. The molecule has 1 aliphatic heterocycles. The molecule has 1 unspecified atom stereocenters. The van der Waals surface area contributed by atoms with Crippen molar-refractivity contribution in [1.82, 2.24) is 9.80 Å². The molecule has 0 aliphatic carbocycles. The fourth-order valence-corrected chi connectivity index (χ4v) is 5.23. The molecule has 0 bridgehead atoms. The molecule has 1 saturated heterocycles. The fourth-order valence-electron chi connectivity index (χ4n) is 5.23. The first-order valence-electron chi connectivity index (χ1n) is 15.6. The van der Waals surface area contributed by atoms with E-state index in [1.54, 1.807) is 54.4 Å². The summed E-state index contributed by atoms with van der Waals surface area (Å²) in [6, 6.07) is 21.2. The summed E-state index contributed by atoms with van der Waals surface area (Å²) >= 11 is 0. The zero-order chi connectivity index (χ0) is 32.0. The van der Waals surface area contributed by atoms with Gasteiger partial charge in [-0.15, -0.1) is 0 Å². The number of hydrogen-bond donors (Lipinski definition) is 2. The predicted octanol–water partition coefficient (Wildman–Crippen LogP) is 4.31. The van der Waals surface area contributed by atoms with Crippen molar-refractivity contribution >= 4 is 29.5 Å². The molecule has 1 heterocycles. The Morgan fingerprint density at radius 1 is 0.889 bits per heavy atom. The van der Waals surface area contributed by atoms with Crippen molar-refractivity contribution in [3.8, 4) is 11.5 Å². The van der Waals surface area contributed by atoms with Crippen LogP contribution in [0.5, 0.6) is 11.5 Å². The van der Waals surface area contributed by atoms with Crippen LogP contribution in [-0.2, 0) is 4.79 Å². The molecule has 1 atom stereocenters. The number of aldehydes is 1. The number of ether oxygens (including phenoxy) is 2. The molecule has 0 aromatic heterocycles. The van der Waals surface area contributed by atoms with Crippen LogP contribution in [0, 0.1) is 0 Å². The number of rotatable bonds is 16.